The summed E-state index contributed by atoms with van der Waals surface area (Å²) in [4.78, 5) is 10.9. The van der Waals surface area contributed by atoms with E-state index in [-0.39, 0.29) is 16.6 Å². The van der Waals surface area contributed by atoms with Crippen LogP contribution in [0.2, 0.25) is 5.02 Å². The molecule has 0 aromatic carbocycles. The molecule has 5 heteroatoms. The lowest BCUT2D eigenvalue weighted by Crippen LogP contribution is -2.16. The summed E-state index contributed by atoms with van der Waals surface area (Å²) < 4.78 is 0. The smallest absolute Gasteiger partial charge is 0.285 e. The summed E-state index contributed by atoms with van der Waals surface area (Å²) in [6, 6.07) is 0.228. The van der Waals surface area contributed by atoms with Gasteiger partial charge in [-0.3, -0.25) is 4.79 Å². The first-order valence-corrected chi connectivity index (χ1v) is 3.98. The van der Waals surface area contributed by atoms with Gasteiger partial charge in [-0.05, 0) is 13.8 Å². The molecule has 0 aliphatic rings. The Hall–Kier alpha value is -1.03. The molecule has 1 aromatic heterocycles. The Morgan fingerprint density at radius 2 is 2.33 bits per heavy atom. The quantitative estimate of drug-likeness (QED) is 0.733. The van der Waals surface area contributed by atoms with Gasteiger partial charge in [0, 0.05) is 6.04 Å². The summed E-state index contributed by atoms with van der Waals surface area (Å²) in [5, 5.41) is 9.00. The van der Waals surface area contributed by atoms with E-state index < -0.39 is 0 Å². The number of nitrogens with one attached hydrogen (secondary N) is 2. The molecule has 0 saturated heterocycles. The SMILES string of the molecule is CC(C)Nc1cn[nH]c(=O)c1Cl. The van der Waals surface area contributed by atoms with Gasteiger partial charge in [0.25, 0.3) is 5.56 Å². The molecule has 1 aromatic rings. The van der Waals surface area contributed by atoms with Crippen molar-refractivity contribution in [3.8, 4) is 0 Å². The molecule has 0 bridgehead atoms. The first-order chi connectivity index (χ1) is 5.61. The molecule has 66 valence electrons. The van der Waals surface area contributed by atoms with Gasteiger partial charge in [0.05, 0.1) is 11.9 Å². The molecule has 2 N–H and O–H groups in total. The zero-order chi connectivity index (χ0) is 9.14. The second-order valence-corrected chi connectivity index (χ2v) is 3.10. The van der Waals surface area contributed by atoms with Gasteiger partial charge < -0.3 is 5.32 Å². The van der Waals surface area contributed by atoms with E-state index in [1.807, 2.05) is 13.8 Å². The number of halogens is 1. The van der Waals surface area contributed by atoms with Gasteiger partial charge >= 0.3 is 0 Å². The number of H-pyrrole nitrogens is 1. The van der Waals surface area contributed by atoms with Crippen LogP contribution in [0.3, 0.4) is 0 Å². The normalized spacial score (nSPS) is 10.3. The van der Waals surface area contributed by atoms with Crippen LogP contribution in [0.4, 0.5) is 5.69 Å². The first kappa shape index (κ1) is 9.06. The topological polar surface area (TPSA) is 57.8 Å². The molecule has 0 saturated carbocycles. The molecule has 1 heterocycles. The molecule has 0 unspecified atom stereocenters. The van der Waals surface area contributed by atoms with E-state index in [1.165, 1.54) is 6.20 Å². The van der Waals surface area contributed by atoms with Crippen LogP contribution in [-0.4, -0.2) is 16.2 Å². The number of nitrogens with zero attached hydrogens (tertiary/aromatic N) is 1. The third kappa shape index (κ3) is 1.98. The Balaban J connectivity index is 3.00. The highest BCUT2D eigenvalue weighted by Crippen LogP contribution is 2.14. The average Bonchev–Trinajstić information content (AvgIpc) is 1.98. The van der Waals surface area contributed by atoms with E-state index in [1.54, 1.807) is 0 Å². The van der Waals surface area contributed by atoms with E-state index >= 15 is 0 Å². The number of aromatic nitrogens is 2. The minimum atomic E-state index is -0.373. The zero-order valence-corrected chi connectivity index (χ0v) is 7.64. The largest absolute Gasteiger partial charge is 0.380 e. The van der Waals surface area contributed by atoms with Crippen molar-refractivity contribution in [1.29, 1.82) is 0 Å². The molecule has 0 spiro atoms. The van der Waals surface area contributed by atoms with Gasteiger partial charge in [-0.25, -0.2) is 5.10 Å². The van der Waals surface area contributed by atoms with Crippen LogP contribution in [0.15, 0.2) is 11.0 Å². The summed E-state index contributed by atoms with van der Waals surface area (Å²) in [6.45, 7) is 3.91. The molecule has 0 aliphatic heterocycles. The van der Waals surface area contributed by atoms with Gasteiger partial charge in [0.15, 0.2) is 0 Å². The van der Waals surface area contributed by atoms with Crippen LogP contribution < -0.4 is 10.9 Å². The lowest BCUT2D eigenvalue weighted by Gasteiger charge is -2.09. The molecular formula is C7H10ClN3O. The van der Waals surface area contributed by atoms with Crippen molar-refractivity contribution in [3.63, 3.8) is 0 Å². The van der Waals surface area contributed by atoms with Crippen molar-refractivity contribution in [1.82, 2.24) is 10.2 Å². The average molecular weight is 188 g/mol. The highest BCUT2D eigenvalue weighted by molar-refractivity contribution is 6.32. The van der Waals surface area contributed by atoms with Gasteiger partial charge in [-0.2, -0.15) is 5.10 Å². The van der Waals surface area contributed by atoms with E-state index in [0.717, 1.165) is 0 Å². The van der Waals surface area contributed by atoms with Crippen LogP contribution in [0.25, 0.3) is 0 Å². The molecule has 4 nitrogen and oxygen atoms in total. The second kappa shape index (κ2) is 3.58. The highest BCUT2D eigenvalue weighted by Gasteiger charge is 2.04. The van der Waals surface area contributed by atoms with Gasteiger partial charge in [0.2, 0.25) is 0 Å². The summed E-state index contributed by atoms with van der Waals surface area (Å²) in [6.07, 6.45) is 1.49. The summed E-state index contributed by atoms with van der Waals surface area (Å²) in [5.41, 5.74) is 0.192. The Morgan fingerprint density at radius 3 is 2.92 bits per heavy atom. The van der Waals surface area contributed by atoms with Crippen LogP contribution in [0.5, 0.6) is 0 Å². The maximum atomic E-state index is 10.9. The molecule has 0 fully saturated rings. The number of hydrogen-bond acceptors (Lipinski definition) is 3. The molecule has 1 rings (SSSR count). The molecule has 0 radical (unpaired) electrons. The fourth-order valence-corrected chi connectivity index (χ4v) is 0.941. The maximum Gasteiger partial charge on any atom is 0.285 e. The molecule has 0 amide bonds. The van der Waals surface area contributed by atoms with E-state index in [9.17, 15) is 4.79 Å². The fourth-order valence-electron chi connectivity index (χ4n) is 0.795. The minimum Gasteiger partial charge on any atom is -0.380 e. The molecule has 12 heavy (non-hydrogen) atoms. The maximum absolute atomic E-state index is 10.9. The Labute approximate surface area is 74.9 Å². The molecule has 0 atom stereocenters. The highest BCUT2D eigenvalue weighted by atomic mass is 35.5. The van der Waals surface area contributed by atoms with Gasteiger partial charge in [-0.15, -0.1) is 0 Å². The van der Waals surface area contributed by atoms with Crippen LogP contribution >= 0.6 is 11.6 Å². The van der Waals surface area contributed by atoms with Crippen LogP contribution in [0, 0.1) is 0 Å². The van der Waals surface area contributed by atoms with E-state index in [0.29, 0.717) is 5.69 Å². The van der Waals surface area contributed by atoms with Crippen LogP contribution in [0.1, 0.15) is 13.8 Å². The van der Waals surface area contributed by atoms with Crippen molar-refractivity contribution in [2.45, 2.75) is 19.9 Å². The third-order valence-corrected chi connectivity index (χ3v) is 1.61. The molecular weight excluding hydrogens is 178 g/mol. The lowest BCUT2D eigenvalue weighted by molar-refractivity contribution is 0.888. The monoisotopic (exact) mass is 187 g/mol. The summed E-state index contributed by atoms with van der Waals surface area (Å²) in [5.74, 6) is 0. The first-order valence-electron chi connectivity index (χ1n) is 3.61. The Morgan fingerprint density at radius 1 is 1.67 bits per heavy atom. The second-order valence-electron chi connectivity index (χ2n) is 2.73. The van der Waals surface area contributed by atoms with E-state index in [4.69, 9.17) is 11.6 Å². The fraction of sp³-hybridized carbons (Fsp3) is 0.429. The van der Waals surface area contributed by atoms with Gasteiger partial charge in [0.1, 0.15) is 5.02 Å². The van der Waals surface area contributed by atoms with Crippen molar-refractivity contribution in [3.05, 3.63) is 21.6 Å². The zero-order valence-electron chi connectivity index (χ0n) is 6.89. The predicted molar refractivity (Wildman–Crippen MR) is 48.6 cm³/mol. The number of hydrogen-bond donors (Lipinski definition) is 2. The van der Waals surface area contributed by atoms with Crippen LogP contribution in [-0.2, 0) is 0 Å². The van der Waals surface area contributed by atoms with Crippen molar-refractivity contribution in [2.24, 2.45) is 0 Å². The van der Waals surface area contributed by atoms with Crippen molar-refractivity contribution < 1.29 is 0 Å². The summed E-state index contributed by atoms with van der Waals surface area (Å²) in [7, 11) is 0. The minimum absolute atomic E-state index is 0.152. The van der Waals surface area contributed by atoms with E-state index in [2.05, 4.69) is 15.5 Å². The lowest BCUT2D eigenvalue weighted by atomic mass is 10.3. The number of rotatable bonds is 2. The number of aromatic amines is 1. The van der Waals surface area contributed by atoms with Gasteiger partial charge in [-0.1, -0.05) is 11.6 Å². The Kier molecular flexibility index (Phi) is 2.70. The molecule has 0 aliphatic carbocycles. The van der Waals surface area contributed by atoms with Crippen molar-refractivity contribution in [2.75, 3.05) is 5.32 Å². The summed E-state index contributed by atoms with van der Waals surface area (Å²) >= 11 is 5.69. The predicted octanol–water partition coefficient (Wildman–Crippen LogP) is 1.24. The standard InChI is InChI=1S/C7H10ClN3O/c1-4(2)10-5-3-9-11-7(12)6(5)8/h3-4H,1-2H3,(H2,10,11,12). The number of anilines is 1. The Bertz CT molecular complexity index is 321. The van der Waals surface area contributed by atoms with Crippen molar-refractivity contribution >= 4 is 17.3 Å². The third-order valence-electron chi connectivity index (χ3n) is 1.24.